The number of benzene rings is 2. The Morgan fingerprint density at radius 2 is 1.74 bits per heavy atom. The first-order valence-electron chi connectivity index (χ1n) is 9.30. The normalized spacial score (nSPS) is 14.7. The molecule has 2 N–H and O–H groups in total. The first kappa shape index (κ1) is 21.9. The molecule has 1 heterocycles. The van der Waals surface area contributed by atoms with E-state index in [1.54, 1.807) is 18.2 Å². The third kappa shape index (κ3) is 4.38. The number of hydrazine groups is 1. The van der Waals surface area contributed by atoms with Gasteiger partial charge in [0.1, 0.15) is 6.42 Å². The molecule has 0 aromatic heterocycles. The number of anilines is 2. The molecule has 6 nitrogen and oxygen atoms in total. The van der Waals surface area contributed by atoms with E-state index in [1.165, 1.54) is 17.9 Å². The molecule has 0 saturated carbocycles. The summed E-state index contributed by atoms with van der Waals surface area (Å²) in [7, 11) is 0. The number of amides is 2. The molecule has 31 heavy (non-hydrogen) atoms. The third-order valence-electron chi connectivity index (χ3n) is 4.72. The molecule has 3 rings (SSSR count). The summed E-state index contributed by atoms with van der Waals surface area (Å²) in [6, 6.07) is 10.1. The summed E-state index contributed by atoms with van der Waals surface area (Å²) in [4.78, 5) is 26.1. The number of rotatable bonds is 4. The number of nitrogens with one attached hydrogen (secondary N) is 2. The molecular formula is C22H19F3N4O2. The van der Waals surface area contributed by atoms with Crippen molar-refractivity contribution in [1.29, 1.82) is 5.26 Å². The van der Waals surface area contributed by atoms with Crippen LogP contribution in [0.5, 0.6) is 0 Å². The molecule has 0 atom stereocenters. The molecule has 9 heteroatoms. The van der Waals surface area contributed by atoms with Crippen molar-refractivity contribution in [3.8, 4) is 6.07 Å². The minimum absolute atomic E-state index is 0.101. The summed E-state index contributed by atoms with van der Waals surface area (Å²) < 4.78 is 40.0. The van der Waals surface area contributed by atoms with Crippen LogP contribution in [0.3, 0.4) is 0 Å². The molecule has 0 unspecified atom stereocenters. The molecule has 0 aliphatic carbocycles. The van der Waals surface area contributed by atoms with Gasteiger partial charge in [-0.05, 0) is 56.2 Å². The van der Waals surface area contributed by atoms with Gasteiger partial charge in [0.15, 0.2) is 0 Å². The van der Waals surface area contributed by atoms with Crippen molar-refractivity contribution < 1.29 is 22.8 Å². The van der Waals surface area contributed by atoms with Crippen LogP contribution in [-0.4, -0.2) is 11.8 Å². The van der Waals surface area contributed by atoms with Crippen molar-refractivity contribution in [2.24, 2.45) is 0 Å². The fourth-order valence-corrected chi connectivity index (χ4v) is 3.48. The van der Waals surface area contributed by atoms with Crippen molar-refractivity contribution in [1.82, 2.24) is 10.9 Å². The van der Waals surface area contributed by atoms with Crippen LogP contribution in [0.4, 0.5) is 24.5 Å². The lowest BCUT2D eigenvalue weighted by atomic mass is 10.0. The zero-order chi connectivity index (χ0) is 22.9. The van der Waals surface area contributed by atoms with E-state index in [2.05, 4.69) is 10.9 Å². The summed E-state index contributed by atoms with van der Waals surface area (Å²) in [6.45, 7) is 5.18. The van der Waals surface area contributed by atoms with Crippen LogP contribution in [0.2, 0.25) is 0 Å². The topological polar surface area (TPSA) is 85.2 Å². The van der Waals surface area contributed by atoms with Crippen LogP contribution < -0.4 is 15.8 Å². The zero-order valence-electron chi connectivity index (χ0n) is 17.0. The lowest BCUT2D eigenvalue weighted by Crippen LogP contribution is -2.36. The predicted octanol–water partition coefficient (Wildman–Crippen LogP) is 4.27. The average Bonchev–Trinajstić information content (AvgIpc) is 2.96. The van der Waals surface area contributed by atoms with Gasteiger partial charge < -0.3 is 5.43 Å². The highest BCUT2D eigenvalue weighted by Crippen LogP contribution is 2.45. The van der Waals surface area contributed by atoms with Gasteiger partial charge in [-0.1, -0.05) is 12.1 Å². The number of carbonyl (C=O) groups excluding carboxylic acids is 2. The largest absolute Gasteiger partial charge is 0.416 e. The van der Waals surface area contributed by atoms with E-state index < -0.39 is 23.6 Å². The number of nitriles is 1. The summed E-state index contributed by atoms with van der Waals surface area (Å²) in [5.74, 6) is -1.13. The molecule has 0 spiro atoms. The Hall–Kier alpha value is -3.80. The van der Waals surface area contributed by atoms with Crippen molar-refractivity contribution in [2.75, 3.05) is 4.90 Å². The molecule has 0 fully saturated rings. The Balaban J connectivity index is 2.15. The number of aryl methyl sites for hydroxylation is 2. The van der Waals surface area contributed by atoms with Gasteiger partial charge in [-0.3, -0.25) is 19.9 Å². The van der Waals surface area contributed by atoms with Crippen LogP contribution in [0.1, 0.15) is 35.6 Å². The number of fused-ring (bicyclic) bond motifs is 1. The van der Waals surface area contributed by atoms with Gasteiger partial charge in [-0.25, -0.2) is 0 Å². The standard InChI is InChI=1S/C22H19F3N4O2/c1-12-8-13(2)10-16(9-12)29-18-11-15(22(23,24)25)4-5-17(18)20(21(29)31)14(3)27-28-19(30)6-7-26/h4-5,8-11,27H,6H2,1-3H3,(H,28,30)/b20-14-. The number of allylic oxidation sites excluding steroid dienone is 1. The maximum absolute atomic E-state index is 13.3. The van der Waals surface area contributed by atoms with E-state index in [0.717, 1.165) is 23.3 Å². The van der Waals surface area contributed by atoms with E-state index in [-0.39, 0.29) is 23.4 Å². The number of hydrogen-bond acceptors (Lipinski definition) is 4. The fraction of sp³-hybridized carbons (Fsp3) is 0.227. The van der Waals surface area contributed by atoms with Crippen LogP contribution >= 0.6 is 0 Å². The molecular weight excluding hydrogens is 409 g/mol. The summed E-state index contributed by atoms with van der Waals surface area (Å²) in [5, 5.41) is 8.58. The Morgan fingerprint density at radius 1 is 1.10 bits per heavy atom. The number of nitrogens with zero attached hydrogens (tertiary/aromatic N) is 2. The van der Waals surface area contributed by atoms with Crippen LogP contribution in [0.25, 0.3) is 5.57 Å². The minimum atomic E-state index is -4.57. The van der Waals surface area contributed by atoms with Crippen LogP contribution in [0, 0.1) is 25.2 Å². The second kappa shape index (κ2) is 8.14. The van der Waals surface area contributed by atoms with Crippen LogP contribution in [-0.2, 0) is 15.8 Å². The Morgan fingerprint density at radius 3 is 2.32 bits per heavy atom. The van der Waals surface area contributed by atoms with Gasteiger partial charge in [-0.2, -0.15) is 18.4 Å². The van der Waals surface area contributed by atoms with E-state index >= 15 is 0 Å². The number of carbonyl (C=O) groups is 2. The molecule has 2 aromatic carbocycles. The van der Waals surface area contributed by atoms with Gasteiger partial charge in [-0.15, -0.1) is 0 Å². The first-order chi connectivity index (χ1) is 14.5. The summed E-state index contributed by atoms with van der Waals surface area (Å²) in [5.41, 5.74) is 6.93. The second-order valence-corrected chi connectivity index (χ2v) is 7.22. The van der Waals surface area contributed by atoms with Crippen molar-refractivity contribution in [3.63, 3.8) is 0 Å². The van der Waals surface area contributed by atoms with E-state index in [0.29, 0.717) is 11.3 Å². The number of hydrogen-bond donors (Lipinski definition) is 2. The van der Waals surface area contributed by atoms with Gasteiger partial charge in [0.2, 0.25) is 0 Å². The van der Waals surface area contributed by atoms with Crippen molar-refractivity contribution in [3.05, 3.63) is 64.3 Å². The van der Waals surface area contributed by atoms with Gasteiger partial charge in [0, 0.05) is 16.9 Å². The lowest BCUT2D eigenvalue weighted by Gasteiger charge is -2.20. The van der Waals surface area contributed by atoms with E-state index in [4.69, 9.17) is 5.26 Å². The summed E-state index contributed by atoms with van der Waals surface area (Å²) >= 11 is 0. The highest BCUT2D eigenvalue weighted by molar-refractivity contribution is 6.35. The summed E-state index contributed by atoms with van der Waals surface area (Å²) in [6.07, 6.45) is -4.96. The molecule has 1 aliphatic rings. The quantitative estimate of drug-likeness (QED) is 0.563. The van der Waals surface area contributed by atoms with Gasteiger partial charge in [0.25, 0.3) is 11.8 Å². The molecule has 0 radical (unpaired) electrons. The van der Waals surface area contributed by atoms with E-state index in [1.807, 2.05) is 19.9 Å². The average molecular weight is 428 g/mol. The number of alkyl halides is 3. The molecule has 0 bridgehead atoms. The maximum Gasteiger partial charge on any atom is 0.416 e. The maximum atomic E-state index is 13.3. The first-order valence-corrected chi connectivity index (χ1v) is 9.30. The van der Waals surface area contributed by atoms with Gasteiger partial charge in [0.05, 0.1) is 22.9 Å². The zero-order valence-corrected chi connectivity index (χ0v) is 17.0. The smallest absolute Gasteiger partial charge is 0.302 e. The second-order valence-electron chi connectivity index (χ2n) is 7.22. The Bertz CT molecular complexity index is 1130. The lowest BCUT2D eigenvalue weighted by molar-refractivity contribution is -0.137. The minimum Gasteiger partial charge on any atom is -0.302 e. The SMILES string of the molecule is C/C(NNC(=O)CC#N)=C1/C(=O)N(c2cc(C)cc(C)c2)c2cc(C(F)(F)F)ccc21. The van der Waals surface area contributed by atoms with Crippen LogP contribution in [0.15, 0.2) is 42.1 Å². The third-order valence-corrected chi connectivity index (χ3v) is 4.72. The highest BCUT2D eigenvalue weighted by Gasteiger charge is 2.39. The van der Waals surface area contributed by atoms with Gasteiger partial charge >= 0.3 is 6.18 Å². The predicted molar refractivity (Wildman–Crippen MR) is 109 cm³/mol. The fourth-order valence-electron chi connectivity index (χ4n) is 3.48. The molecule has 2 amide bonds. The van der Waals surface area contributed by atoms with E-state index in [9.17, 15) is 22.8 Å². The highest BCUT2D eigenvalue weighted by atomic mass is 19.4. The molecule has 1 aliphatic heterocycles. The molecule has 160 valence electrons. The number of halogens is 3. The van der Waals surface area contributed by atoms with Crippen molar-refractivity contribution in [2.45, 2.75) is 33.4 Å². The Labute approximate surface area is 176 Å². The molecule has 2 aromatic rings. The monoisotopic (exact) mass is 428 g/mol. The molecule has 0 saturated heterocycles. The van der Waals surface area contributed by atoms with Crippen molar-refractivity contribution >= 4 is 28.8 Å². The Kier molecular flexibility index (Phi) is 5.75.